The van der Waals surface area contributed by atoms with Gasteiger partial charge < -0.3 is 20.4 Å². The van der Waals surface area contributed by atoms with Gasteiger partial charge in [0.1, 0.15) is 5.92 Å². The first-order valence-corrected chi connectivity index (χ1v) is 7.10. The summed E-state index contributed by atoms with van der Waals surface area (Å²) < 4.78 is 0. The largest absolute Gasteiger partial charge is 0.481 e. The van der Waals surface area contributed by atoms with Crippen LogP contribution in [-0.4, -0.2) is 50.1 Å². The van der Waals surface area contributed by atoms with Crippen LogP contribution in [0.5, 0.6) is 0 Å². The van der Waals surface area contributed by atoms with E-state index in [1.807, 2.05) is 0 Å². The van der Waals surface area contributed by atoms with Crippen molar-refractivity contribution >= 4 is 29.7 Å². The summed E-state index contributed by atoms with van der Waals surface area (Å²) in [6.07, 6.45) is 2.48. The summed E-state index contributed by atoms with van der Waals surface area (Å²) in [5.74, 6) is -9.39. The molecule has 0 bridgehead atoms. The Balaban J connectivity index is 2.52. The standard InChI is InChI=1S/C17H12O9/c18-12(8-1-3-9(4-2-8)13(19)20)10-5-6-11(14(21)22)17(7-10,15(23)24)16(25)26/h1-7,11H,(H,19,20)(H,21,22)(H,23,24)(H,25,26). The first-order chi connectivity index (χ1) is 12.1. The number of hydrogen-bond donors (Lipinski definition) is 4. The second kappa shape index (κ2) is 6.63. The molecular weight excluding hydrogens is 348 g/mol. The topological polar surface area (TPSA) is 166 Å². The van der Waals surface area contributed by atoms with Crippen molar-refractivity contribution in [2.75, 3.05) is 0 Å². The molecule has 0 saturated carbocycles. The molecule has 0 aliphatic heterocycles. The van der Waals surface area contributed by atoms with E-state index in [1.165, 1.54) is 12.1 Å². The summed E-state index contributed by atoms with van der Waals surface area (Å²) in [5.41, 5.74) is -3.25. The average Bonchev–Trinajstić information content (AvgIpc) is 2.59. The second-order valence-electron chi connectivity index (χ2n) is 5.47. The molecule has 1 aliphatic carbocycles. The van der Waals surface area contributed by atoms with E-state index in [4.69, 9.17) is 10.2 Å². The smallest absolute Gasteiger partial charge is 0.335 e. The Labute approximate surface area is 145 Å². The van der Waals surface area contributed by atoms with Gasteiger partial charge >= 0.3 is 23.9 Å². The summed E-state index contributed by atoms with van der Waals surface area (Å²) in [6.45, 7) is 0. The molecule has 9 heteroatoms. The van der Waals surface area contributed by atoms with E-state index < -0.39 is 41.0 Å². The number of rotatable bonds is 6. The summed E-state index contributed by atoms with van der Waals surface area (Å²) in [6, 6.07) is 4.69. The first-order valence-electron chi connectivity index (χ1n) is 7.10. The predicted octanol–water partition coefficient (Wildman–Crippen LogP) is 0.920. The molecule has 0 saturated heterocycles. The number of carboxylic acids is 4. The molecule has 1 aliphatic rings. The highest BCUT2D eigenvalue weighted by atomic mass is 16.4. The van der Waals surface area contributed by atoms with E-state index in [0.29, 0.717) is 6.08 Å². The van der Waals surface area contributed by atoms with Crippen molar-refractivity contribution in [3.63, 3.8) is 0 Å². The van der Waals surface area contributed by atoms with Crippen LogP contribution < -0.4 is 0 Å². The minimum Gasteiger partial charge on any atom is -0.481 e. The van der Waals surface area contributed by atoms with Crippen LogP contribution in [0.3, 0.4) is 0 Å². The molecule has 26 heavy (non-hydrogen) atoms. The number of aromatic carboxylic acids is 1. The molecule has 134 valence electrons. The molecule has 0 spiro atoms. The van der Waals surface area contributed by atoms with Gasteiger partial charge in [0.2, 0.25) is 5.41 Å². The molecule has 0 aromatic heterocycles. The van der Waals surface area contributed by atoms with Crippen LogP contribution in [0, 0.1) is 11.3 Å². The maximum Gasteiger partial charge on any atom is 0.335 e. The summed E-state index contributed by atoms with van der Waals surface area (Å²) >= 11 is 0. The molecular formula is C17H12O9. The number of allylic oxidation sites excluding steroid dienone is 2. The fraction of sp³-hybridized carbons (Fsp3) is 0.118. The third kappa shape index (κ3) is 2.97. The summed E-state index contributed by atoms with van der Waals surface area (Å²) in [5, 5.41) is 36.7. The van der Waals surface area contributed by atoms with E-state index in [9.17, 15) is 34.2 Å². The van der Waals surface area contributed by atoms with E-state index in [-0.39, 0.29) is 16.7 Å². The molecule has 1 aromatic rings. The average molecular weight is 360 g/mol. The number of aliphatic carboxylic acids is 3. The van der Waals surface area contributed by atoms with Gasteiger partial charge in [-0.15, -0.1) is 0 Å². The Kier molecular flexibility index (Phi) is 4.74. The number of Topliss-reactive ketones (excluding diaryl/α,β-unsaturated/α-hetero) is 1. The lowest BCUT2D eigenvalue weighted by atomic mass is 9.70. The van der Waals surface area contributed by atoms with E-state index in [1.54, 1.807) is 0 Å². The van der Waals surface area contributed by atoms with Gasteiger partial charge in [-0.1, -0.05) is 24.3 Å². The maximum absolute atomic E-state index is 12.5. The maximum atomic E-state index is 12.5. The normalized spacial score (nSPS) is 17.8. The van der Waals surface area contributed by atoms with Crippen LogP contribution in [0.2, 0.25) is 0 Å². The van der Waals surface area contributed by atoms with Gasteiger partial charge in [0.05, 0.1) is 5.56 Å². The predicted molar refractivity (Wildman–Crippen MR) is 83.8 cm³/mol. The highest BCUT2D eigenvalue weighted by Gasteiger charge is 2.55. The van der Waals surface area contributed by atoms with Gasteiger partial charge in [-0.3, -0.25) is 19.2 Å². The zero-order valence-electron chi connectivity index (χ0n) is 12.9. The zero-order valence-corrected chi connectivity index (χ0v) is 12.9. The van der Waals surface area contributed by atoms with Crippen molar-refractivity contribution in [1.29, 1.82) is 0 Å². The number of carbonyl (C=O) groups excluding carboxylic acids is 1. The van der Waals surface area contributed by atoms with Gasteiger partial charge in [-0.25, -0.2) is 4.79 Å². The highest BCUT2D eigenvalue weighted by molar-refractivity contribution is 6.14. The molecule has 0 radical (unpaired) electrons. The fourth-order valence-electron chi connectivity index (χ4n) is 2.57. The highest BCUT2D eigenvalue weighted by Crippen LogP contribution is 2.37. The molecule has 4 N–H and O–H groups in total. The van der Waals surface area contributed by atoms with Crippen LogP contribution in [0.25, 0.3) is 0 Å². The monoisotopic (exact) mass is 360 g/mol. The third-order valence-electron chi connectivity index (χ3n) is 3.97. The molecule has 0 amide bonds. The van der Waals surface area contributed by atoms with Crippen molar-refractivity contribution in [3.8, 4) is 0 Å². The second-order valence-corrected chi connectivity index (χ2v) is 5.47. The lowest BCUT2D eigenvalue weighted by Crippen LogP contribution is -2.48. The van der Waals surface area contributed by atoms with Gasteiger partial charge in [-0.05, 0) is 18.2 Å². The van der Waals surface area contributed by atoms with Crippen LogP contribution >= 0.6 is 0 Å². The van der Waals surface area contributed by atoms with Crippen molar-refractivity contribution in [1.82, 2.24) is 0 Å². The van der Waals surface area contributed by atoms with Crippen LogP contribution in [0.15, 0.2) is 48.1 Å². The van der Waals surface area contributed by atoms with Crippen LogP contribution in [-0.2, 0) is 14.4 Å². The van der Waals surface area contributed by atoms with E-state index in [0.717, 1.165) is 24.3 Å². The lowest BCUT2D eigenvalue weighted by molar-refractivity contribution is -0.169. The fourth-order valence-corrected chi connectivity index (χ4v) is 2.57. The zero-order chi connectivity index (χ0) is 19.6. The lowest BCUT2D eigenvalue weighted by Gasteiger charge is -2.29. The Bertz CT molecular complexity index is 860. The van der Waals surface area contributed by atoms with Crippen LogP contribution in [0.4, 0.5) is 0 Å². The number of hydrogen-bond acceptors (Lipinski definition) is 5. The molecule has 0 heterocycles. The SMILES string of the molecule is O=C(O)c1ccc(C(=O)C2=CC(C(=O)O)(C(=O)O)C(C(=O)O)C=C2)cc1. The Morgan fingerprint density at radius 1 is 0.808 bits per heavy atom. The summed E-state index contributed by atoms with van der Waals surface area (Å²) in [4.78, 5) is 57.7. The Morgan fingerprint density at radius 2 is 1.31 bits per heavy atom. The van der Waals surface area contributed by atoms with Crippen molar-refractivity contribution in [3.05, 3.63) is 59.2 Å². The molecule has 0 fully saturated rings. The Hall–Kier alpha value is -3.75. The minimum atomic E-state index is -2.84. The molecule has 1 unspecified atom stereocenters. The quantitative estimate of drug-likeness (QED) is 0.426. The molecule has 2 rings (SSSR count). The first kappa shape index (κ1) is 18.6. The van der Waals surface area contributed by atoms with Crippen LogP contribution in [0.1, 0.15) is 20.7 Å². The van der Waals surface area contributed by atoms with Crippen molar-refractivity contribution in [2.45, 2.75) is 0 Å². The van der Waals surface area contributed by atoms with Gasteiger partial charge in [0.25, 0.3) is 0 Å². The van der Waals surface area contributed by atoms with Gasteiger partial charge in [-0.2, -0.15) is 0 Å². The van der Waals surface area contributed by atoms with Gasteiger partial charge in [0.15, 0.2) is 5.78 Å². The molecule has 1 atom stereocenters. The number of carboxylic acid groups (broad SMARTS) is 4. The number of carbonyl (C=O) groups is 5. The number of benzene rings is 1. The van der Waals surface area contributed by atoms with E-state index in [2.05, 4.69) is 0 Å². The van der Waals surface area contributed by atoms with Gasteiger partial charge in [0, 0.05) is 11.1 Å². The number of ketones is 1. The van der Waals surface area contributed by atoms with E-state index >= 15 is 0 Å². The third-order valence-corrected chi connectivity index (χ3v) is 3.97. The Morgan fingerprint density at radius 3 is 1.73 bits per heavy atom. The van der Waals surface area contributed by atoms with Crippen molar-refractivity contribution < 1.29 is 44.4 Å². The minimum absolute atomic E-state index is 0.00986. The summed E-state index contributed by atoms with van der Waals surface area (Å²) in [7, 11) is 0. The van der Waals surface area contributed by atoms with Crippen molar-refractivity contribution in [2.24, 2.45) is 11.3 Å². The molecule has 1 aromatic carbocycles. The molecule has 9 nitrogen and oxygen atoms in total.